The summed E-state index contributed by atoms with van der Waals surface area (Å²) in [5.41, 5.74) is 2.07. The van der Waals surface area contributed by atoms with Crippen LogP contribution in [-0.4, -0.2) is 23.6 Å². The van der Waals surface area contributed by atoms with Crippen molar-refractivity contribution in [2.45, 2.75) is 20.3 Å². The average Bonchev–Trinajstić information content (AvgIpc) is 3.08. The van der Waals surface area contributed by atoms with Gasteiger partial charge in [-0.25, -0.2) is 4.79 Å². The van der Waals surface area contributed by atoms with Gasteiger partial charge in [0.05, 0.1) is 17.2 Å². The molecule has 144 valence electrons. The van der Waals surface area contributed by atoms with Gasteiger partial charge in [-0.2, -0.15) is 0 Å². The Kier molecular flexibility index (Phi) is 6.11. The van der Waals surface area contributed by atoms with Gasteiger partial charge in [0.25, 0.3) is 5.91 Å². The lowest BCUT2D eigenvalue weighted by atomic mass is 10.1. The average molecular weight is 399 g/mol. The summed E-state index contributed by atoms with van der Waals surface area (Å²) in [6.07, 6.45) is 0.736. The maximum Gasteiger partial charge on any atom is 0.338 e. The summed E-state index contributed by atoms with van der Waals surface area (Å²) in [6.45, 7) is 3.92. The molecule has 7 heteroatoms. The van der Waals surface area contributed by atoms with E-state index in [1.807, 2.05) is 6.92 Å². The molecule has 0 saturated carbocycles. The smallest absolute Gasteiger partial charge is 0.338 e. The van der Waals surface area contributed by atoms with Crippen molar-refractivity contribution >= 4 is 29.2 Å². The van der Waals surface area contributed by atoms with Crippen molar-refractivity contribution < 1.29 is 18.8 Å². The topological polar surface area (TPSA) is 81.4 Å². The van der Waals surface area contributed by atoms with E-state index >= 15 is 0 Å². The van der Waals surface area contributed by atoms with Crippen molar-refractivity contribution in [3.05, 3.63) is 70.4 Å². The molecule has 0 aliphatic carbocycles. The van der Waals surface area contributed by atoms with Crippen LogP contribution in [0.3, 0.4) is 0 Å². The highest BCUT2D eigenvalue weighted by Crippen LogP contribution is 2.31. The molecule has 0 aliphatic heterocycles. The van der Waals surface area contributed by atoms with E-state index in [1.54, 1.807) is 55.5 Å². The molecule has 1 aromatic heterocycles. The van der Waals surface area contributed by atoms with Gasteiger partial charge < -0.3 is 14.6 Å². The number of hydrogen-bond donors (Lipinski definition) is 1. The highest BCUT2D eigenvalue weighted by Gasteiger charge is 2.23. The number of nitrogens with zero attached hydrogens (tertiary/aromatic N) is 1. The fraction of sp³-hybridized carbons (Fsp3) is 0.190. The zero-order chi connectivity index (χ0) is 20.1. The maximum absolute atomic E-state index is 12.9. The fourth-order valence-corrected chi connectivity index (χ4v) is 2.90. The molecule has 0 atom stereocenters. The van der Waals surface area contributed by atoms with Crippen LogP contribution >= 0.6 is 11.6 Å². The van der Waals surface area contributed by atoms with Crippen molar-refractivity contribution in [1.29, 1.82) is 0 Å². The van der Waals surface area contributed by atoms with Gasteiger partial charge in [-0.15, -0.1) is 0 Å². The summed E-state index contributed by atoms with van der Waals surface area (Å²) < 4.78 is 10.4. The second-order valence-electron chi connectivity index (χ2n) is 6.11. The van der Waals surface area contributed by atoms with Gasteiger partial charge in [0.1, 0.15) is 17.0 Å². The molecule has 0 aliphatic rings. The molecule has 28 heavy (non-hydrogen) atoms. The summed E-state index contributed by atoms with van der Waals surface area (Å²) in [6, 6.07) is 13.6. The van der Waals surface area contributed by atoms with E-state index in [2.05, 4.69) is 10.5 Å². The van der Waals surface area contributed by atoms with Gasteiger partial charge in [0.2, 0.25) is 0 Å². The molecule has 0 fully saturated rings. The van der Waals surface area contributed by atoms with Gasteiger partial charge >= 0.3 is 5.97 Å². The van der Waals surface area contributed by atoms with Crippen LogP contribution in [0.4, 0.5) is 5.69 Å². The first-order valence-electron chi connectivity index (χ1n) is 8.81. The number of anilines is 1. The van der Waals surface area contributed by atoms with Crippen LogP contribution < -0.4 is 5.32 Å². The van der Waals surface area contributed by atoms with Gasteiger partial charge in [0.15, 0.2) is 0 Å². The molecule has 3 aromatic rings. The number of carbonyl (C=O) groups excluding carboxylic acids is 2. The lowest BCUT2D eigenvalue weighted by Gasteiger charge is -2.08. The van der Waals surface area contributed by atoms with Crippen molar-refractivity contribution in [3.63, 3.8) is 0 Å². The van der Waals surface area contributed by atoms with E-state index in [1.165, 1.54) is 0 Å². The second kappa shape index (κ2) is 8.71. The minimum atomic E-state index is -0.434. The Bertz CT molecular complexity index is 1010. The zero-order valence-corrected chi connectivity index (χ0v) is 16.2. The monoisotopic (exact) mass is 398 g/mol. The van der Waals surface area contributed by atoms with Crippen molar-refractivity contribution in [2.24, 2.45) is 0 Å². The lowest BCUT2D eigenvalue weighted by molar-refractivity contribution is 0.0505. The van der Waals surface area contributed by atoms with Crippen LogP contribution in [0, 0.1) is 6.92 Å². The molecular weight excluding hydrogens is 380 g/mol. The third kappa shape index (κ3) is 4.23. The first kappa shape index (κ1) is 19.6. The fourth-order valence-electron chi connectivity index (χ4n) is 2.67. The maximum atomic E-state index is 12.9. The van der Waals surface area contributed by atoms with E-state index in [0.717, 1.165) is 6.42 Å². The molecule has 6 nitrogen and oxygen atoms in total. The highest BCUT2D eigenvalue weighted by molar-refractivity contribution is 6.33. The van der Waals surface area contributed by atoms with Crippen LogP contribution in [0.2, 0.25) is 5.02 Å². The lowest BCUT2D eigenvalue weighted by Crippen LogP contribution is -2.14. The summed E-state index contributed by atoms with van der Waals surface area (Å²) in [4.78, 5) is 24.9. The van der Waals surface area contributed by atoms with Crippen LogP contribution in [-0.2, 0) is 4.74 Å². The zero-order valence-electron chi connectivity index (χ0n) is 15.5. The molecule has 2 aromatic carbocycles. The Morgan fingerprint density at radius 1 is 1.18 bits per heavy atom. The predicted molar refractivity (Wildman–Crippen MR) is 107 cm³/mol. The Labute approximate surface area is 167 Å². The Morgan fingerprint density at radius 3 is 2.71 bits per heavy atom. The number of ether oxygens (including phenoxy) is 1. The molecule has 0 saturated heterocycles. The first-order chi connectivity index (χ1) is 13.5. The van der Waals surface area contributed by atoms with Crippen LogP contribution in [0.15, 0.2) is 53.1 Å². The normalized spacial score (nSPS) is 10.5. The molecule has 1 amide bonds. The molecule has 0 spiro atoms. The number of carbonyl (C=O) groups is 2. The molecule has 0 unspecified atom stereocenters. The van der Waals surface area contributed by atoms with Crippen LogP contribution in [0.1, 0.15) is 39.8 Å². The number of halogens is 1. The van der Waals surface area contributed by atoms with E-state index < -0.39 is 11.9 Å². The molecule has 1 heterocycles. The van der Waals surface area contributed by atoms with Crippen LogP contribution in [0.5, 0.6) is 0 Å². The second-order valence-corrected chi connectivity index (χ2v) is 6.52. The quantitative estimate of drug-likeness (QED) is 0.582. The summed E-state index contributed by atoms with van der Waals surface area (Å²) in [5, 5.41) is 7.23. The van der Waals surface area contributed by atoms with E-state index in [-0.39, 0.29) is 5.56 Å². The standard InChI is InChI=1S/C21H19ClN2O4/c1-3-11-27-21(26)14-7-6-8-15(12-14)23-20(25)18-13(2)28-24-19(18)16-9-4-5-10-17(16)22/h4-10,12H,3,11H2,1-2H3,(H,23,25). The number of rotatable bonds is 6. The van der Waals surface area contributed by atoms with Gasteiger partial charge in [-0.1, -0.05) is 47.9 Å². The largest absolute Gasteiger partial charge is 0.462 e. The number of aryl methyl sites for hydroxylation is 1. The number of esters is 1. The molecule has 1 N–H and O–H groups in total. The minimum absolute atomic E-state index is 0.284. The van der Waals surface area contributed by atoms with Crippen molar-refractivity contribution in [3.8, 4) is 11.3 Å². The summed E-state index contributed by atoms with van der Waals surface area (Å²) in [7, 11) is 0. The number of aromatic nitrogens is 1. The highest BCUT2D eigenvalue weighted by atomic mass is 35.5. The van der Waals surface area contributed by atoms with Gasteiger partial charge in [0, 0.05) is 11.3 Å². The number of hydrogen-bond acceptors (Lipinski definition) is 5. The van der Waals surface area contributed by atoms with E-state index in [4.69, 9.17) is 20.9 Å². The Hall–Kier alpha value is -3.12. The van der Waals surface area contributed by atoms with E-state index in [9.17, 15) is 9.59 Å². The Morgan fingerprint density at radius 2 is 1.96 bits per heavy atom. The third-order valence-electron chi connectivity index (χ3n) is 4.01. The first-order valence-corrected chi connectivity index (χ1v) is 9.18. The molecule has 0 bridgehead atoms. The molecular formula is C21H19ClN2O4. The molecule has 3 rings (SSSR count). The van der Waals surface area contributed by atoms with Crippen LogP contribution in [0.25, 0.3) is 11.3 Å². The minimum Gasteiger partial charge on any atom is -0.462 e. The molecule has 0 radical (unpaired) electrons. The summed E-state index contributed by atoms with van der Waals surface area (Å²) in [5.74, 6) is -0.477. The van der Waals surface area contributed by atoms with Crippen molar-refractivity contribution in [1.82, 2.24) is 5.16 Å². The van der Waals surface area contributed by atoms with E-state index in [0.29, 0.717) is 39.9 Å². The third-order valence-corrected chi connectivity index (χ3v) is 4.34. The van der Waals surface area contributed by atoms with Gasteiger partial charge in [-0.3, -0.25) is 4.79 Å². The predicted octanol–water partition coefficient (Wildman–Crippen LogP) is 5.12. The van der Waals surface area contributed by atoms with Crippen molar-refractivity contribution in [2.75, 3.05) is 11.9 Å². The van der Waals surface area contributed by atoms with Gasteiger partial charge in [-0.05, 0) is 37.6 Å². The Balaban J connectivity index is 1.86. The SMILES string of the molecule is CCCOC(=O)c1cccc(NC(=O)c2c(-c3ccccc3Cl)noc2C)c1. The number of nitrogens with one attached hydrogen (secondary N) is 1. The number of amides is 1. The number of benzene rings is 2. The summed E-state index contributed by atoms with van der Waals surface area (Å²) >= 11 is 6.24.